The van der Waals surface area contributed by atoms with Crippen LogP contribution in [0.25, 0.3) is 22.3 Å². The molecule has 0 spiro atoms. The first-order valence-corrected chi connectivity index (χ1v) is 14.7. The number of hydrogen-bond acceptors (Lipinski definition) is 7. The van der Waals surface area contributed by atoms with Crippen molar-refractivity contribution in [1.29, 1.82) is 0 Å². The third kappa shape index (κ3) is 6.38. The van der Waals surface area contributed by atoms with E-state index < -0.39 is 29.7 Å². The molecule has 2 heterocycles. The van der Waals surface area contributed by atoms with Gasteiger partial charge in [0.15, 0.2) is 6.04 Å². The number of benzene rings is 3. The zero-order valence-electron chi connectivity index (χ0n) is 25.9. The highest BCUT2D eigenvalue weighted by molar-refractivity contribution is 6.15. The summed E-state index contributed by atoms with van der Waals surface area (Å²) in [5, 5.41) is 10.1. The van der Waals surface area contributed by atoms with Crippen molar-refractivity contribution in [2.45, 2.75) is 45.3 Å². The Kier molecular flexibility index (Phi) is 9.16. The predicted molar refractivity (Wildman–Crippen MR) is 168 cm³/mol. The van der Waals surface area contributed by atoms with Gasteiger partial charge in [-0.3, -0.25) is 24.3 Å². The highest BCUT2D eigenvalue weighted by atomic mass is 19.1. The average molecular weight is 617 g/mol. The summed E-state index contributed by atoms with van der Waals surface area (Å²) in [6.07, 6.45) is 1.26. The number of imide groups is 1. The zero-order chi connectivity index (χ0) is 32.4. The van der Waals surface area contributed by atoms with Crippen LogP contribution in [0.1, 0.15) is 29.5 Å². The standard InChI is InChI=1S/C33H37FN6O5/c1-18-22(20-14-26(34)25(28(15-20)45-5)17-35-16-21-12-13-29(41)36-21)8-6-9-23(18)24-10-7-11-27(19(24)2)37-31(42)30-32(43)39(3)33(44)40(4)38-30/h6-11,14-15,21,30,35,38H,12-13,16-17H2,1-5H3,(H,36,41)(H,37,42)/t21-,30?/m0/s1. The Balaban J connectivity index is 1.38. The molecule has 2 atom stereocenters. The Labute approximate surface area is 261 Å². The van der Waals surface area contributed by atoms with E-state index in [1.165, 1.54) is 27.3 Å². The average Bonchev–Trinajstić information content (AvgIpc) is 3.44. The van der Waals surface area contributed by atoms with Crippen LogP contribution in [0.2, 0.25) is 0 Å². The predicted octanol–water partition coefficient (Wildman–Crippen LogP) is 3.49. The van der Waals surface area contributed by atoms with E-state index in [1.54, 1.807) is 6.07 Å². The van der Waals surface area contributed by atoms with Gasteiger partial charge in [0.05, 0.1) is 7.11 Å². The summed E-state index contributed by atoms with van der Waals surface area (Å²) < 4.78 is 21.1. The van der Waals surface area contributed by atoms with Gasteiger partial charge in [-0.05, 0) is 71.8 Å². The number of anilines is 1. The maximum Gasteiger partial charge on any atom is 0.340 e. The molecule has 3 aromatic carbocycles. The van der Waals surface area contributed by atoms with Gasteiger partial charge in [0.1, 0.15) is 11.6 Å². The third-order valence-electron chi connectivity index (χ3n) is 8.41. The van der Waals surface area contributed by atoms with Gasteiger partial charge >= 0.3 is 6.03 Å². The number of rotatable bonds is 9. The van der Waals surface area contributed by atoms with Crippen LogP contribution in [0.3, 0.4) is 0 Å². The van der Waals surface area contributed by atoms with Crippen molar-refractivity contribution in [3.63, 3.8) is 0 Å². The second-order valence-electron chi connectivity index (χ2n) is 11.3. The number of carbonyl (C=O) groups is 4. The molecule has 2 aliphatic heterocycles. The Morgan fingerprint density at radius 2 is 1.71 bits per heavy atom. The van der Waals surface area contributed by atoms with Crippen LogP contribution >= 0.6 is 0 Å². The SMILES string of the molecule is COc1cc(-c2cccc(-c3cccc(NC(=O)C4NN(C)C(=O)N(C)C4=O)c3C)c2C)cc(F)c1CNC[C@@H]1CCC(=O)N1. The highest BCUT2D eigenvalue weighted by Crippen LogP contribution is 2.37. The first-order valence-electron chi connectivity index (χ1n) is 14.7. The minimum atomic E-state index is -1.27. The van der Waals surface area contributed by atoms with Crippen LogP contribution in [-0.2, 0) is 20.9 Å². The summed E-state index contributed by atoms with van der Waals surface area (Å²) in [7, 11) is 4.28. The normalized spacial score (nSPS) is 18.3. The van der Waals surface area contributed by atoms with Crippen molar-refractivity contribution in [1.82, 2.24) is 26.0 Å². The summed E-state index contributed by atoms with van der Waals surface area (Å²) in [6, 6.07) is 12.8. The van der Waals surface area contributed by atoms with E-state index >= 15 is 4.39 Å². The zero-order valence-corrected chi connectivity index (χ0v) is 25.9. The number of ether oxygens (including phenoxy) is 1. The maximum absolute atomic E-state index is 15.5. The van der Waals surface area contributed by atoms with Gasteiger partial charge in [0.25, 0.3) is 11.8 Å². The number of amides is 5. The second kappa shape index (κ2) is 13.0. The molecule has 11 nitrogen and oxygen atoms in total. The smallest absolute Gasteiger partial charge is 0.340 e. The number of hydrazine groups is 1. The van der Waals surface area contributed by atoms with E-state index in [-0.39, 0.29) is 18.5 Å². The van der Waals surface area contributed by atoms with Crippen molar-refractivity contribution in [2.24, 2.45) is 0 Å². The van der Waals surface area contributed by atoms with Crippen molar-refractivity contribution < 1.29 is 28.3 Å². The molecule has 2 aliphatic rings. The lowest BCUT2D eigenvalue weighted by atomic mass is 9.90. The van der Waals surface area contributed by atoms with E-state index in [1.807, 2.05) is 50.2 Å². The summed E-state index contributed by atoms with van der Waals surface area (Å²) in [4.78, 5) is 50.1. The monoisotopic (exact) mass is 616 g/mol. The molecule has 5 rings (SSSR count). The molecule has 3 aromatic rings. The molecule has 4 N–H and O–H groups in total. The molecule has 0 aliphatic carbocycles. The molecule has 236 valence electrons. The van der Waals surface area contributed by atoms with Gasteiger partial charge in [-0.2, -0.15) is 0 Å². The van der Waals surface area contributed by atoms with Gasteiger partial charge in [-0.25, -0.2) is 14.6 Å². The van der Waals surface area contributed by atoms with Gasteiger partial charge < -0.3 is 20.7 Å². The lowest BCUT2D eigenvalue weighted by Gasteiger charge is -2.34. The largest absolute Gasteiger partial charge is 0.496 e. The molecule has 0 radical (unpaired) electrons. The number of hydrogen-bond donors (Lipinski definition) is 4. The van der Waals surface area contributed by atoms with Crippen LogP contribution < -0.4 is 26.1 Å². The van der Waals surface area contributed by atoms with Crippen molar-refractivity contribution in [3.05, 3.63) is 71.0 Å². The molecule has 12 heteroatoms. The number of carbonyl (C=O) groups excluding carboxylic acids is 4. The molecule has 0 bridgehead atoms. The Hall–Kier alpha value is -4.81. The van der Waals surface area contributed by atoms with Crippen LogP contribution in [0.15, 0.2) is 48.5 Å². The van der Waals surface area contributed by atoms with E-state index in [2.05, 4.69) is 21.4 Å². The molecule has 2 fully saturated rings. The van der Waals surface area contributed by atoms with Crippen LogP contribution in [0.5, 0.6) is 5.75 Å². The molecule has 0 saturated carbocycles. The summed E-state index contributed by atoms with van der Waals surface area (Å²) in [5.41, 5.74) is 8.45. The topological polar surface area (TPSA) is 132 Å². The van der Waals surface area contributed by atoms with Crippen LogP contribution in [0, 0.1) is 19.7 Å². The molecule has 45 heavy (non-hydrogen) atoms. The van der Waals surface area contributed by atoms with E-state index in [0.29, 0.717) is 35.5 Å². The van der Waals surface area contributed by atoms with Gasteiger partial charge in [0, 0.05) is 50.9 Å². The third-order valence-corrected chi connectivity index (χ3v) is 8.41. The summed E-state index contributed by atoms with van der Waals surface area (Å²) in [5.74, 6) is -1.20. The van der Waals surface area contributed by atoms with Gasteiger partial charge in [-0.1, -0.05) is 30.3 Å². The number of halogens is 1. The van der Waals surface area contributed by atoms with E-state index in [0.717, 1.165) is 44.1 Å². The molecular weight excluding hydrogens is 579 g/mol. The number of nitrogens with zero attached hydrogens (tertiary/aromatic N) is 2. The van der Waals surface area contributed by atoms with Gasteiger partial charge in [-0.15, -0.1) is 0 Å². The maximum atomic E-state index is 15.5. The lowest BCUT2D eigenvalue weighted by molar-refractivity contribution is -0.139. The van der Waals surface area contributed by atoms with E-state index in [4.69, 9.17) is 4.74 Å². The van der Waals surface area contributed by atoms with Crippen LogP contribution in [-0.4, -0.2) is 73.5 Å². The van der Waals surface area contributed by atoms with Gasteiger partial charge in [0.2, 0.25) is 5.91 Å². The minimum absolute atomic E-state index is 0.0343. The van der Waals surface area contributed by atoms with Crippen molar-refractivity contribution in [2.75, 3.05) is 33.1 Å². The quantitative estimate of drug-likeness (QED) is 0.271. The number of methoxy groups -OCH3 is 1. The number of nitrogens with one attached hydrogen (secondary N) is 4. The lowest BCUT2D eigenvalue weighted by Crippen LogP contribution is -2.66. The fourth-order valence-electron chi connectivity index (χ4n) is 5.82. The first-order chi connectivity index (χ1) is 21.5. The molecule has 0 aromatic heterocycles. The highest BCUT2D eigenvalue weighted by Gasteiger charge is 2.39. The second-order valence-corrected chi connectivity index (χ2v) is 11.3. The molecular formula is C33H37FN6O5. The Morgan fingerprint density at radius 1 is 1.02 bits per heavy atom. The Morgan fingerprint density at radius 3 is 2.40 bits per heavy atom. The fraction of sp³-hybridized carbons (Fsp3) is 0.333. The molecule has 5 amide bonds. The summed E-state index contributed by atoms with van der Waals surface area (Å²) in [6.45, 7) is 4.62. The summed E-state index contributed by atoms with van der Waals surface area (Å²) >= 11 is 0. The molecule has 1 unspecified atom stereocenters. The Bertz CT molecular complexity index is 1680. The number of likely N-dealkylation sites (N-methyl/N-ethyl adjacent to an activating group) is 1. The van der Waals surface area contributed by atoms with Crippen LogP contribution in [0.4, 0.5) is 14.9 Å². The number of urea groups is 1. The minimum Gasteiger partial charge on any atom is -0.496 e. The molecule has 2 saturated heterocycles. The van der Waals surface area contributed by atoms with E-state index in [9.17, 15) is 19.2 Å². The van der Waals surface area contributed by atoms with Crippen molar-refractivity contribution in [3.8, 4) is 28.0 Å². The van der Waals surface area contributed by atoms with Crippen molar-refractivity contribution >= 4 is 29.4 Å². The fourth-order valence-corrected chi connectivity index (χ4v) is 5.82. The first kappa shape index (κ1) is 31.6.